The van der Waals surface area contributed by atoms with E-state index in [2.05, 4.69) is 10.3 Å². The summed E-state index contributed by atoms with van der Waals surface area (Å²) in [6.07, 6.45) is 0.856. The molecule has 0 bridgehead atoms. The molecule has 1 unspecified atom stereocenters. The molecule has 0 aromatic carbocycles. The summed E-state index contributed by atoms with van der Waals surface area (Å²) < 4.78 is 5.29. The maximum Gasteiger partial charge on any atom is 0.234 e. The number of nitrogens with one attached hydrogen (secondary N) is 1. The first-order valence-corrected chi connectivity index (χ1v) is 6.41. The van der Waals surface area contributed by atoms with Crippen molar-refractivity contribution in [1.82, 2.24) is 10.3 Å². The summed E-state index contributed by atoms with van der Waals surface area (Å²) in [7, 11) is 1.54. The average molecular weight is 262 g/mol. The molecule has 0 spiro atoms. The van der Waals surface area contributed by atoms with Crippen LogP contribution in [0.2, 0.25) is 0 Å². The van der Waals surface area contributed by atoms with E-state index in [0.717, 1.165) is 11.3 Å². The van der Waals surface area contributed by atoms with E-state index in [1.54, 1.807) is 7.11 Å². The molecule has 1 aromatic heterocycles. The van der Waals surface area contributed by atoms with Crippen molar-refractivity contribution in [2.45, 2.75) is 38.5 Å². The second kappa shape index (κ2) is 5.38. The highest BCUT2D eigenvalue weighted by Crippen LogP contribution is 2.31. The van der Waals surface area contributed by atoms with Crippen LogP contribution in [-0.4, -0.2) is 23.9 Å². The third-order valence-corrected chi connectivity index (χ3v) is 3.31. The summed E-state index contributed by atoms with van der Waals surface area (Å²) in [5.41, 5.74) is 1.67. The van der Waals surface area contributed by atoms with Crippen LogP contribution < -0.4 is 10.1 Å². The maximum absolute atomic E-state index is 11.9. The number of aromatic nitrogens is 1. The molecule has 1 aliphatic heterocycles. The highest BCUT2D eigenvalue weighted by atomic mass is 16.5. The van der Waals surface area contributed by atoms with Crippen LogP contribution in [0.25, 0.3) is 0 Å². The van der Waals surface area contributed by atoms with Gasteiger partial charge in [0, 0.05) is 17.7 Å². The first-order chi connectivity index (χ1) is 9.02. The zero-order chi connectivity index (χ0) is 14.0. The van der Waals surface area contributed by atoms with Crippen molar-refractivity contribution in [3.63, 3.8) is 0 Å². The number of imide groups is 1. The fraction of sp³-hybridized carbons (Fsp3) is 0.500. The molecule has 102 valence electrons. The van der Waals surface area contributed by atoms with Gasteiger partial charge in [-0.2, -0.15) is 0 Å². The maximum atomic E-state index is 11.9. The van der Waals surface area contributed by atoms with Gasteiger partial charge in [0.15, 0.2) is 0 Å². The number of amides is 2. The van der Waals surface area contributed by atoms with Crippen LogP contribution in [0.1, 0.15) is 49.8 Å². The molecule has 0 radical (unpaired) electrons. The van der Waals surface area contributed by atoms with E-state index in [1.807, 2.05) is 26.0 Å². The van der Waals surface area contributed by atoms with Crippen LogP contribution in [0, 0.1) is 0 Å². The Hall–Kier alpha value is -1.91. The van der Waals surface area contributed by atoms with Crippen molar-refractivity contribution >= 4 is 11.8 Å². The van der Waals surface area contributed by atoms with Gasteiger partial charge in [0.2, 0.25) is 17.7 Å². The summed E-state index contributed by atoms with van der Waals surface area (Å²) in [4.78, 5) is 27.5. The van der Waals surface area contributed by atoms with Crippen molar-refractivity contribution in [1.29, 1.82) is 0 Å². The monoisotopic (exact) mass is 262 g/mol. The minimum absolute atomic E-state index is 0.216. The number of carbonyl (C=O) groups excluding carboxylic acids is 2. The standard InChI is InChI=1S/C14H18N2O3/c1-8(2)11-6-4-10(14(15-11)19-3)9-5-7-12(17)16-13(9)18/h4,6,8-9H,5,7H2,1-3H3,(H,16,17,18). The van der Waals surface area contributed by atoms with Crippen LogP contribution in [0.4, 0.5) is 0 Å². The largest absolute Gasteiger partial charge is 0.481 e. The minimum atomic E-state index is -0.360. The molecule has 2 rings (SSSR count). The lowest BCUT2D eigenvalue weighted by molar-refractivity contribution is -0.134. The number of piperidine rings is 1. The number of ether oxygens (including phenoxy) is 1. The zero-order valence-corrected chi connectivity index (χ0v) is 11.4. The molecule has 1 saturated heterocycles. The number of pyridine rings is 1. The van der Waals surface area contributed by atoms with Crippen molar-refractivity contribution in [2.24, 2.45) is 0 Å². The van der Waals surface area contributed by atoms with Gasteiger partial charge < -0.3 is 4.74 Å². The Balaban J connectivity index is 2.34. The van der Waals surface area contributed by atoms with E-state index in [-0.39, 0.29) is 17.7 Å². The van der Waals surface area contributed by atoms with E-state index in [9.17, 15) is 9.59 Å². The number of rotatable bonds is 3. The molecule has 5 heteroatoms. The Morgan fingerprint density at radius 3 is 2.68 bits per heavy atom. The normalized spacial score (nSPS) is 19.5. The van der Waals surface area contributed by atoms with Crippen LogP contribution in [0.5, 0.6) is 5.88 Å². The molecular formula is C14H18N2O3. The summed E-state index contributed by atoms with van der Waals surface area (Å²) >= 11 is 0. The summed E-state index contributed by atoms with van der Waals surface area (Å²) in [6, 6.07) is 3.79. The van der Waals surface area contributed by atoms with Crippen LogP contribution in [0.3, 0.4) is 0 Å². The Bertz CT molecular complexity index is 511. The summed E-state index contributed by atoms with van der Waals surface area (Å²) in [5, 5.41) is 2.36. The topological polar surface area (TPSA) is 68.3 Å². The van der Waals surface area contributed by atoms with Gasteiger partial charge in [0.1, 0.15) is 0 Å². The molecule has 1 atom stereocenters. The molecule has 1 aromatic rings. The van der Waals surface area contributed by atoms with Gasteiger partial charge in [-0.05, 0) is 18.4 Å². The van der Waals surface area contributed by atoms with E-state index in [1.165, 1.54) is 0 Å². The lowest BCUT2D eigenvalue weighted by Crippen LogP contribution is -2.39. The Kier molecular flexibility index (Phi) is 3.83. The van der Waals surface area contributed by atoms with E-state index in [0.29, 0.717) is 24.6 Å². The third kappa shape index (κ3) is 2.75. The highest BCUT2D eigenvalue weighted by Gasteiger charge is 2.30. The molecule has 5 nitrogen and oxygen atoms in total. The van der Waals surface area contributed by atoms with Crippen molar-refractivity contribution < 1.29 is 14.3 Å². The lowest BCUT2D eigenvalue weighted by Gasteiger charge is -2.22. The SMILES string of the molecule is COc1nc(C(C)C)ccc1C1CCC(=O)NC1=O. The summed E-state index contributed by atoms with van der Waals surface area (Å²) in [5.74, 6) is -0.0765. The predicted octanol–water partition coefficient (Wildman–Crippen LogP) is 1.73. The van der Waals surface area contributed by atoms with E-state index < -0.39 is 0 Å². The molecule has 1 fully saturated rings. The molecule has 2 amide bonds. The average Bonchev–Trinajstić information content (AvgIpc) is 2.38. The first-order valence-electron chi connectivity index (χ1n) is 6.41. The predicted molar refractivity (Wildman–Crippen MR) is 70.0 cm³/mol. The third-order valence-electron chi connectivity index (χ3n) is 3.31. The number of hydrogen-bond acceptors (Lipinski definition) is 4. The zero-order valence-electron chi connectivity index (χ0n) is 11.4. The van der Waals surface area contributed by atoms with Gasteiger partial charge in [0.05, 0.1) is 13.0 Å². The smallest absolute Gasteiger partial charge is 0.234 e. The highest BCUT2D eigenvalue weighted by molar-refractivity contribution is 6.01. The Labute approximate surface area is 112 Å². The van der Waals surface area contributed by atoms with Crippen molar-refractivity contribution in [2.75, 3.05) is 7.11 Å². The van der Waals surface area contributed by atoms with Crippen LogP contribution in [0.15, 0.2) is 12.1 Å². The molecular weight excluding hydrogens is 244 g/mol. The number of carbonyl (C=O) groups is 2. The Morgan fingerprint density at radius 1 is 1.37 bits per heavy atom. The van der Waals surface area contributed by atoms with Crippen molar-refractivity contribution in [3.8, 4) is 5.88 Å². The van der Waals surface area contributed by atoms with Crippen molar-refractivity contribution in [3.05, 3.63) is 23.4 Å². The second-order valence-corrected chi connectivity index (χ2v) is 4.99. The lowest BCUT2D eigenvalue weighted by atomic mass is 9.90. The molecule has 0 saturated carbocycles. The molecule has 19 heavy (non-hydrogen) atoms. The second-order valence-electron chi connectivity index (χ2n) is 4.99. The van der Waals surface area contributed by atoms with E-state index in [4.69, 9.17) is 4.74 Å². The van der Waals surface area contributed by atoms with E-state index >= 15 is 0 Å². The number of nitrogens with zero attached hydrogens (tertiary/aromatic N) is 1. The van der Waals surface area contributed by atoms with Crippen LogP contribution in [-0.2, 0) is 9.59 Å². The first kappa shape index (κ1) is 13.5. The van der Waals surface area contributed by atoms with Gasteiger partial charge >= 0.3 is 0 Å². The van der Waals surface area contributed by atoms with Crippen LogP contribution >= 0.6 is 0 Å². The van der Waals surface area contributed by atoms with Gasteiger partial charge in [0.25, 0.3) is 0 Å². The molecule has 0 aliphatic carbocycles. The van der Waals surface area contributed by atoms with Gasteiger partial charge in [-0.25, -0.2) is 4.98 Å². The van der Waals surface area contributed by atoms with Gasteiger partial charge in [-0.3, -0.25) is 14.9 Å². The quantitative estimate of drug-likeness (QED) is 0.842. The molecule has 2 heterocycles. The number of methoxy groups -OCH3 is 1. The number of hydrogen-bond donors (Lipinski definition) is 1. The van der Waals surface area contributed by atoms with Gasteiger partial charge in [-0.15, -0.1) is 0 Å². The minimum Gasteiger partial charge on any atom is -0.481 e. The molecule has 1 N–H and O–H groups in total. The van der Waals surface area contributed by atoms with Gasteiger partial charge in [-0.1, -0.05) is 19.9 Å². The summed E-state index contributed by atoms with van der Waals surface area (Å²) in [6.45, 7) is 4.10. The fourth-order valence-corrected chi connectivity index (χ4v) is 2.21. The fourth-order valence-electron chi connectivity index (χ4n) is 2.21. The molecule has 1 aliphatic rings. The Morgan fingerprint density at radius 2 is 2.11 bits per heavy atom.